The number of carbonyl (C=O) groups excluding carboxylic acids is 1. The lowest BCUT2D eigenvalue weighted by Crippen LogP contribution is -2.45. The van der Waals surface area contributed by atoms with Gasteiger partial charge in [0, 0.05) is 19.6 Å². The highest BCUT2D eigenvalue weighted by Crippen LogP contribution is 2.28. The molecule has 0 aromatic rings. The van der Waals surface area contributed by atoms with E-state index < -0.39 is 5.60 Å². The van der Waals surface area contributed by atoms with Crippen molar-refractivity contribution in [3.05, 3.63) is 0 Å². The number of nitrogens with zero attached hydrogens (tertiary/aromatic N) is 1. The maximum atomic E-state index is 11.9. The molecule has 1 aliphatic carbocycles. The molecule has 0 aromatic carbocycles. The van der Waals surface area contributed by atoms with E-state index in [1.165, 1.54) is 25.7 Å². The van der Waals surface area contributed by atoms with Crippen molar-refractivity contribution in [3.63, 3.8) is 0 Å². The predicted octanol–water partition coefficient (Wildman–Crippen LogP) is 2.63. The second-order valence-corrected chi connectivity index (χ2v) is 6.30. The summed E-state index contributed by atoms with van der Waals surface area (Å²) in [5, 5.41) is 3.34. The van der Waals surface area contributed by atoms with Crippen molar-refractivity contribution in [2.45, 2.75) is 58.1 Å². The van der Waals surface area contributed by atoms with E-state index in [0.29, 0.717) is 12.0 Å². The first-order valence-electron chi connectivity index (χ1n) is 6.95. The van der Waals surface area contributed by atoms with Crippen molar-refractivity contribution < 1.29 is 9.53 Å². The topological polar surface area (TPSA) is 41.6 Å². The normalized spacial score (nSPS) is 18.7. The standard InChI is InChI=1S/C14H28N2O2/c1-14(2,3)18-13(17)16(5)10-12(15-4)11-8-6-7-9-11/h11-12,15H,6-10H2,1-5H3. The molecular weight excluding hydrogens is 228 g/mol. The third-order valence-corrected chi connectivity index (χ3v) is 3.52. The summed E-state index contributed by atoms with van der Waals surface area (Å²) in [5.41, 5.74) is -0.423. The Morgan fingerprint density at radius 3 is 2.39 bits per heavy atom. The lowest BCUT2D eigenvalue weighted by Gasteiger charge is -2.30. The minimum atomic E-state index is -0.423. The Balaban J connectivity index is 2.45. The molecule has 0 bridgehead atoms. The Hall–Kier alpha value is -0.770. The first-order valence-corrected chi connectivity index (χ1v) is 6.95. The molecule has 106 valence electrons. The van der Waals surface area contributed by atoms with Gasteiger partial charge >= 0.3 is 6.09 Å². The summed E-state index contributed by atoms with van der Waals surface area (Å²) in [7, 11) is 3.79. The molecular formula is C14H28N2O2. The van der Waals surface area contributed by atoms with Gasteiger partial charge in [0.05, 0.1) is 0 Å². The lowest BCUT2D eigenvalue weighted by atomic mass is 9.98. The Bertz CT molecular complexity index is 267. The molecule has 0 saturated heterocycles. The zero-order chi connectivity index (χ0) is 13.8. The summed E-state index contributed by atoms with van der Waals surface area (Å²) < 4.78 is 5.37. The van der Waals surface area contributed by atoms with Crippen molar-refractivity contribution in [2.75, 3.05) is 20.6 Å². The monoisotopic (exact) mass is 256 g/mol. The molecule has 0 spiro atoms. The highest BCUT2D eigenvalue weighted by atomic mass is 16.6. The molecule has 1 rings (SSSR count). The van der Waals surface area contributed by atoms with Gasteiger partial charge in [-0.2, -0.15) is 0 Å². The van der Waals surface area contributed by atoms with E-state index >= 15 is 0 Å². The average Bonchev–Trinajstić information content (AvgIpc) is 2.76. The van der Waals surface area contributed by atoms with E-state index in [0.717, 1.165) is 6.54 Å². The van der Waals surface area contributed by atoms with Gasteiger partial charge in [0.15, 0.2) is 0 Å². The van der Waals surface area contributed by atoms with Gasteiger partial charge in [-0.1, -0.05) is 12.8 Å². The minimum absolute atomic E-state index is 0.235. The Labute approximate surface area is 111 Å². The van der Waals surface area contributed by atoms with Crippen molar-refractivity contribution in [1.29, 1.82) is 0 Å². The van der Waals surface area contributed by atoms with Gasteiger partial charge in [0.2, 0.25) is 0 Å². The lowest BCUT2D eigenvalue weighted by molar-refractivity contribution is 0.0273. The van der Waals surface area contributed by atoms with E-state index in [9.17, 15) is 4.79 Å². The molecule has 1 atom stereocenters. The summed E-state index contributed by atoms with van der Waals surface area (Å²) in [6.45, 7) is 6.40. The quantitative estimate of drug-likeness (QED) is 0.840. The number of nitrogens with one attached hydrogen (secondary N) is 1. The van der Waals surface area contributed by atoms with Crippen LogP contribution in [0.3, 0.4) is 0 Å². The van der Waals surface area contributed by atoms with E-state index in [-0.39, 0.29) is 6.09 Å². The summed E-state index contributed by atoms with van der Waals surface area (Å²) in [6, 6.07) is 0.380. The van der Waals surface area contributed by atoms with Gasteiger partial charge in [-0.15, -0.1) is 0 Å². The Kier molecular flexibility index (Phi) is 5.45. The molecule has 0 radical (unpaired) electrons. The molecule has 1 unspecified atom stereocenters. The molecule has 4 heteroatoms. The largest absolute Gasteiger partial charge is 0.444 e. The maximum Gasteiger partial charge on any atom is 0.410 e. The molecule has 0 heterocycles. The first-order chi connectivity index (χ1) is 8.33. The zero-order valence-electron chi connectivity index (χ0n) is 12.5. The fourth-order valence-electron chi connectivity index (χ4n) is 2.55. The molecule has 0 aromatic heterocycles. The van der Waals surface area contributed by atoms with Gasteiger partial charge in [-0.25, -0.2) is 4.79 Å². The third kappa shape index (κ3) is 4.84. The van der Waals surface area contributed by atoms with Gasteiger partial charge in [0.25, 0.3) is 0 Å². The van der Waals surface area contributed by atoms with Gasteiger partial charge in [-0.3, -0.25) is 0 Å². The van der Waals surface area contributed by atoms with E-state index in [4.69, 9.17) is 4.74 Å². The molecule has 1 N–H and O–H groups in total. The predicted molar refractivity (Wildman–Crippen MR) is 73.7 cm³/mol. The van der Waals surface area contributed by atoms with Gasteiger partial charge in [-0.05, 0) is 46.6 Å². The molecule has 18 heavy (non-hydrogen) atoms. The molecule has 1 aliphatic rings. The zero-order valence-corrected chi connectivity index (χ0v) is 12.5. The number of likely N-dealkylation sites (N-methyl/N-ethyl adjacent to an activating group) is 2. The van der Waals surface area contributed by atoms with Gasteiger partial charge < -0.3 is 15.0 Å². The van der Waals surface area contributed by atoms with Crippen molar-refractivity contribution in [2.24, 2.45) is 5.92 Å². The van der Waals surface area contributed by atoms with Crippen LogP contribution in [0.25, 0.3) is 0 Å². The number of hydrogen-bond acceptors (Lipinski definition) is 3. The van der Waals surface area contributed by atoms with E-state index in [2.05, 4.69) is 5.32 Å². The second-order valence-electron chi connectivity index (χ2n) is 6.30. The summed E-state index contributed by atoms with van der Waals surface area (Å²) in [4.78, 5) is 13.6. The fourth-order valence-corrected chi connectivity index (χ4v) is 2.55. The highest BCUT2D eigenvalue weighted by Gasteiger charge is 2.27. The number of carbonyl (C=O) groups is 1. The third-order valence-electron chi connectivity index (χ3n) is 3.52. The second kappa shape index (κ2) is 6.41. The van der Waals surface area contributed by atoms with Gasteiger partial charge in [0.1, 0.15) is 5.60 Å². The van der Waals surface area contributed by atoms with Crippen LogP contribution in [0, 0.1) is 5.92 Å². The van der Waals surface area contributed by atoms with Crippen LogP contribution >= 0.6 is 0 Å². The van der Waals surface area contributed by atoms with E-state index in [1.807, 2.05) is 34.9 Å². The number of hydrogen-bond donors (Lipinski definition) is 1. The van der Waals surface area contributed by atoms with Crippen LogP contribution in [0.15, 0.2) is 0 Å². The summed E-state index contributed by atoms with van der Waals surface area (Å²) >= 11 is 0. The molecule has 1 fully saturated rings. The van der Waals surface area contributed by atoms with Crippen molar-refractivity contribution >= 4 is 6.09 Å². The van der Waals surface area contributed by atoms with Crippen molar-refractivity contribution in [3.8, 4) is 0 Å². The Morgan fingerprint density at radius 2 is 1.94 bits per heavy atom. The molecule has 4 nitrogen and oxygen atoms in total. The van der Waals surface area contributed by atoms with Crippen LogP contribution < -0.4 is 5.32 Å². The van der Waals surface area contributed by atoms with Crippen LogP contribution in [-0.2, 0) is 4.74 Å². The van der Waals surface area contributed by atoms with Crippen LogP contribution in [-0.4, -0.2) is 43.3 Å². The smallest absolute Gasteiger partial charge is 0.410 e. The van der Waals surface area contributed by atoms with Crippen LogP contribution in [0.4, 0.5) is 4.79 Å². The molecule has 1 amide bonds. The first kappa shape index (κ1) is 15.3. The molecule has 0 aliphatic heterocycles. The summed E-state index contributed by atoms with van der Waals surface area (Å²) in [5.74, 6) is 0.694. The fraction of sp³-hybridized carbons (Fsp3) is 0.929. The SMILES string of the molecule is CNC(CN(C)C(=O)OC(C)(C)C)C1CCCC1. The number of ether oxygens (including phenoxy) is 1. The number of amides is 1. The van der Waals surface area contributed by atoms with Crippen molar-refractivity contribution in [1.82, 2.24) is 10.2 Å². The highest BCUT2D eigenvalue weighted by molar-refractivity contribution is 5.67. The average molecular weight is 256 g/mol. The molecule has 1 saturated carbocycles. The maximum absolute atomic E-state index is 11.9. The number of rotatable bonds is 4. The Morgan fingerprint density at radius 1 is 1.39 bits per heavy atom. The van der Waals surface area contributed by atoms with E-state index in [1.54, 1.807) is 4.90 Å². The van der Waals surface area contributed by atoms with Crippen LogP contribution in [0.5, 0.6) is 0 Å². The van der Waals surface area contributed by atoms with Crippen LogP contribution in [0.2, 0.25) is 0 Å². The minimum Gasteiger partial charge on any atom is -0.444 e. The summed E-state index contributed by atoms with van der Waals surface area (Å²) in [6.07, 6.45) is 4.94. The van der Waals surface area contributed by atoms with Crippen LogP contribution in [0.1, 0.15) is 46.5 Å².